The van der Waals surface area contributed by atoms with Crippen LogP contribution in [0.5, 0.6) is 0 Å². The van der Waals surface area contributed by atoms with Gasteiger partial charge in [-0.05, 0) is 6.92 Å². The molecule has 2 fully saturated rings. The number of hydrogen-bond donors (Lipinski definition) is 2. The average Bonchev–Trinajstić information content (AvgIpc) is 3.87. The van der Waals surface area contributed by atoms with E-state index in [0.717, 1.165) is 77.1 Å². The lowest BCUT2D eigenvalue weighted by atomic mass is 9.92. The van der Waals surface area contributed by atoms with Crippen LogP contribution in [0.25, 0.3) is 0 Å². The van der Waals surface area contributed by atoms with Crippen LogP contribution in [-0.4, -0.2) is 157 Å². The van der Waals surface area contributed by atoms with Gasteiger partial charge in [0.1, 0.15) is 37.5 Å². The Balaban J connectivity index is 1.93. The van der Waals surface area contributed by atoms with Gasteiger partial charge in [-0.2, -0.15) is 0 Å². The Bertz CT molecular complexity index is 2030. The monoisotopic (exact) mass is 925 g/mol. The molecule has 0 spiro atoms. The summed E-state index contributed by atoms with van der Waals surface area (Å²) in [5.41, 5.74) is -4.89. The van der Waals surface area contributed by atoms with Crippen LogP contribution in [0.2, 0.25) is 0 Å². The third kappa shape index (κ3) is 11.9. The van der Waals surface area contributed by atoms with Crippen molar-refractivity contribution in [1.82, 2.24) is 40.6 Å². The first-order valence-corrected chi connectivity index (χ1v) is 19.5. The van der Waals surface area contributed by atoms with E-state index in [1.165, 1.54) is 6.92 Å². The van der Waals surface area contributed by atoms with Gasteiger partial charge in [0.05, 0.1) is 23.9 Å². The number of rotatable bonds is 17. The van der Waals surface area contributed by atoms with Crippen molar-refractivity contribution in [2.24, 2.45) is 0 Å². The first kappa shape index (κ1) is 50.5. The van der Waals surface area contributed by atoms with E-state index >= 15 is 0 Å². The number of nitrogens with one attached hydrogen (secondary N) is 2. The third-order valence-electron chi connectivity index (χ3n) is 9.31. The van der Waals surface area contributed by atoms with E-state index in [2.05, 4.69) is 31.3 Å². The zero-order valence-electron chi connectivity index (χ0n) is 36.3. The SMILES string of the molecule is CCOC(=O)C(c1cn([C@@H]2O[C@H](COC(C)=O)[C@@H](OC(C)=O)[C@H](OC(C)=O)[C@H]2NC(C)=O)nn1)(c1cn([C@@H]2O[C@H](COC(C)=O)[C@@H](OC(C)=O)[C@H](OC(C)=O)[C@H]2NC(C)=O)nn1)[N+](=O)[O-]. The second kappa shape index (κ2) is 21.5. The van der Waals surface area contributed by atoms with Crippen LogP contribution in [0.15, 0.2) is 12.4 Å². The van der Waals surface area contributed by atoms with Crippen LogP contribution in [0.1, 0.15) is 86.2 Å². The van der Waals surface area contributed by atoms with Crippen molar-refractivity contribution in [1.29, 1.82) is 0 Å². The van der Waals surface area contributed by atoms with E-state index in [4.69, 9.17) is 42.6 Å². The molecule has 29 nitrogen and oxygen atoms in total. The number of carbonyl (C=O) groups excluding carboxylic acids is 9. The first-order valence-electron chi connectivity index (χ1n) is 19.5. The highest BCUT2D eigenvalue weighted by atomic mass is 16.7. The van der Waals surface area contributed by atoms with Crippen molar-refractivity contribution in [2.45, 2.75) is 129 Å². The van der Waals surface area contributed by atoms with E-state index in [-0.39, 0.29) is 0 Å². The summed E-state index contributed by atoms with van der Waals surface area (Å²) in [6.07, 6.45) is -10.8. The topological polar surface area (TPSA) is 365 Å². The Morgan fingerprint density at radius 1 is 0.615 bits per heavy atom. The summed E-state index contributed by atoms with van der Waals surface area (Å²) in [6, 6.07) is -3.04. The number of aromatic nitrogens is 6. The van der Waals surface area contributed by atoms with Crippen LogP contribution in [-0.2, 0) is 91.3 Å². The Labute approximate surface area is 367 Å². The quantitative estimate of drug-likeness (QED) is 0.0723. The second-order valence-corrected chi connectivity index (χ2v) is 14.3. The van der Waals surface area contributed by atoms with Crippen molar-refractivity contribution in [3.63, 3.8) is 0 Å². The first-order chi connectivity index (χ1) is 30.5. The molecule has 4 heterocycles. The van der Waals surface area contributed by atoms with Gasteiger partial charge in [0, 0.05) is 55.4 Å². The van der Waals surface area contributed by atoms with Crippen molar-refractivity contribution in [3.05, 3.63) is 33.9 Å². The van der Waals surface area contributed by atoms with Crippen LogP contribution in [0, 0.1) is 10.1 Å². The Hall–Kier alpha value is -7.17. The molecular formula is C36H47N9O20. The van der Waals surface area contributed by atoms with Gasteiger partial charge in [-0.1, -0.05) is 10.4 Å². The summed E-state index contributed by atoms with van der Waals surface area (Å²) in [6.45, 7) is 8.05. The Kier molecular flexibility index (Phi) is 16.7. The minimum atomic E-state index is -3.26. The summed E-state index contributed by atoms with van der Waals surface area (Å²) in [4.78, 5) is 125. The maximum Gasteiger partial charge on any atom is 0.406 e. The number of carbonyl (C=O) groups is 9. The molecule has 2 amide bonds. The maximum atomic E-state index is 14.0. The predicted molar refractivity (Wildman–Crippen MR) is 203 cm³/mol. The summed E-state index contributed by atoms with van der Waals surface area (Å²) < 4.78 is 51.1. The highest BCUT2D eigenvalue weighted by Gasteiger charge is 2.63. The molecule has 65 heavy (non-hydrogen) atoms. The Morgan fingerprint density at radius 2 is 0.969 bits per heavy atom. The second-order valence-electron chi connectivity index (χ2n) is 14.3. The minimum absolute atomic E-state index is 0.428. The number of amides is 2. The van der Waals surface area contributed by atoms with E-state index in [1.807, 2.05) is 0 Å². The van der Waals surface area contributed by atoms with Crippen LogP contribution in [0.3, 0.4) is 0 Å². The Morgan fingerprint density at radius 3 is 1.26 bits per heavy atom. The summed E-state index contributed by atoms with van der Waals surface area (Å²) in [5, 5.41) is 34.2. The summed E-state index contributed by atoms with van der Waals surface area (Å²) in [5.74, 6) is -8.29. The van der Waals surface area contributed by atoms with Gasteiger partial charge in [0.2, 0.25) is 11.8 Å². The van der Waals surface area contributed by atoms with Crippen LogP contribution >= 0.6 is 0 Å². The molecule has 0 radical (unpaired) electrons. The molecule has 0 bridgehead atoms. The highest BCUT2D eigenvalue weighted by Crippen LogP contribution is 2.38. The molecule has 10 atom stereocenters. The number of ether oxygens (including phenoxy) is 9. The molecule has 0 aromatic carbocycles. The molecule has 0 saturated carbocycles. The fraction of sp³-hybridized carbons (Fsp3) is 0.639. The predicted octanol–water partition coefficient (Wildman–Crippen LogP) is -2.39. The molecule has 4 rings (SSSR count). The molecular weight excluding hydrogens is 878 g/mol. The third-order valence-corrected chi connectivity index (χ3v) is 9.31. The molecule has 0 aliphatic carbocycles. The molecule has 2 aliphatic heterocycles. The molecule has 2 saturated heterocycles. The zero-order valence-corrected chi connectivity index (χ0v) is 36.3. The lowest BCUT2D eigenvalue weighted by molar-refractivity contribution is -0.553. The van der Waals surface area contributed by atoms with E-state index in [9.17, 15) is 53.3 Å². The lowest BCUT2D eigenvalue weighted by Crippen LogP contribution is -2.64. The van der Waals surface area contributed by atoms with Crippen molar-refractivity contribution in [3.8, 4) is 0 Å². The molecule has 0 unspecified atom stereocenters. The molecule has 2 aromatic rings. The molecule has 29 heteroatoms. The van der Waals surface area contributed by atoms with Gasteiger partial charge in [-0.25, -0.2) is 14.2 Å². The van der Waals surface area contributed by atoms with Gasteiger partial charge < -0.3 is 53.3 Å². The van der Waals surface area contributed by atoms with Crippen LogP contribution < -0.4 is 10.6 Å². The standard InChI is InChI=1S/C36H47N9O20/c1-10-57-35(54)36(45(55)56,25-11-43(41-39-25)33-27(37-15(2)46)31(62-21(8)52)29(60-19(6)50)23(64-33)13-58-17(4)48)26-12-44(42-40-26)34-28(38-16(3)47)32(63-22(9)53)30(61-20(7)51)24(65-34)14-59-18(5)49/h11-12,23-24,27-34H,10,13-14H2,1-9H3,(H,37,46)(H,38,47)/t23-,24-,27-,28-,29-,30-,31-,32-,33-,34-/m1/s1. The zero-order chi connectivity index (χ0) is 48.5. The smallest absolute Gasteiger partial charge is 0.406 e. The largest absolute Gasteiger partial charge is 0.463 e. The molecule has 2 aromatic heterocycles. The van der Waals surface area contributed by atoms with Gasteiger partial charge in [-0.3, -0.25) is 48.5 Å². The van der Waals surface area contributed by atoms with Gasteiger partial charge in [0.25, 0.3) is 0 Å². The normalized spacial score (nSPS) is 25.1. The molecule has 2 N–H and O–H groups in total. The van der Waals surface area contributed by atoms with E-state index in [1.54, 1.807) is 0 Å². The number of esters is 7. The summed E-state index contributed by atoms with van der Waals surface area (Å²) in [7, 11) is 0. The van der Waals surface area contributed by atoms with Crippen molar-refractivity contribution >= 4 is 53.6 Å². The van der Waals surface area contributed by atoms with Crippen molar-refractivity contribution in [2.75, 3.05) is 19.8 Å². The molecule has 356 valence electrons. The molecule has 2 aliphatic rings. The van der Waals surface area contributed by atoms with Gasteiger partial charge in [-0.15, -0.1) is 10.2 Å². The van der Waals surface area contributed by atoms with Gasteiger partial charge >= 0.3 is 47.3 Å². The van der Waals surface area contributed by atoms with Crippen LogP contribution in [0.4, 0.5) is 0 Å². The number of nitrogens with zero attached hydrogens (tertiary/aromatic N) is 7. The highest BCUT2D eigenvalue weighted by molar-refractivity contribution is 5.84. The lowest BCUT2D eigenvalue weighted by Gasteiger charge is -2.45. The fourth-order valence-electron chi connectivity index (χ4n) is 7.04. The number of nitro groups is 1. The van der Waals surface area contributed by atoms with E-state index < -0.39 is 156 Å². The summed E-state index contributed by atoms with van der Waals surface area (Å²) >= 11 is 0. The van der Waals surface area contributed by atoms with E-state index in [0.29, 0.717) is 0 Å². The number of hydrogen-bond acceptors (Lipinski definition) is 24. The van der Waals surface area contributed by atoms with Gasteiger partial charge in [0.15, 0.2) is 48.3 Å². The van der Waals surface area contributed by atoms with Crippen molar-refractivity contribution < 1.29 is 90.7 Å². The fourth-order valence-corrected chi connectivity index (χ4v) is 7.04. The minimum Gasteiger partial charge on any atom is -0.463 e. The average molecular weight is 926 g/mol. The maximum absolute atomic E-state index is 14.0.